The van der Waals surface area contributed by atoms with E-state index in [-0.39, 0.29) is 53.1 Å². The first-order chi connectivity index (χ1) is 51.8. The second-order valence-corrected chi connectivity index (χ2v) is 35.4. The molecule has 0 bridgehead atoms. The Morgan fingerprint density at radius 2 is 0.973 bits per heavy atom. The van der Waals surface area contributed by atoms with E-state index < -0.39 is 17.1 Å². The van der Waals surface area contributed by atoms with Crippen molar-refractivity contribution in [3.8, 4) is 6.07 Å². The Morgan fingerprint density at radius 1 is 0.613 bits per heavy atom. The Bertz CT molecular complexity index is 3890. The summed E-state index contributed by atoms with van der Waals surface area (Å²) in [5.41, 5.74) is 13.3. The van der Waals surface area contributed by atoms with E-state index in [4.69, 9.17) is 64.1 Å². The van der Waals surface area contributed by atoms with Crippen LogP contribution in [0.1, 0.15) is 218 Å². The number of ketones is 1. The fourth-order valence-corrected chi connectivity index (χ4v) is 13.6. The van der Waals surface area contributed by atoms with Crippen LogP contribution in [-0.4, -0.2) is 229 Å². The number of nitriles is 1. The van der Waals surface area contributed by atoms with Crippen LogP contribution in [0.2, 0.25) is 10.0 Å². The predicted octanol–water partition coefficient (Wildman–Crippen LogP) is 11.2. The topological polar surface area (TPSA) is 389 Å². The predicted molar refractivity (Wildman–Crippen MR) is 432 cm³/mol. The number of nitrogens with two attached hydrogens (primary N) is 2. The second kappa shape index (κ2) is 52.4. The smallest absolute Gasteiger partial charge is 0.870 e. The van der Waals surface area contributed by atoms with Gasteiger partial charge in [-0.25, -0.2) is 43.1 Å². The number of piperidine rings is 5. The number of anilines is 2. The van der Waals surface area contributed by atoms with Crippen LogP contribution in [0.4, 0.5) is 11.6 Å². The molecule has 0 saturated carbocycles. The van der Waals surface area contributed by atoms with E-state index in [9.17, 15) is 23.7 Å². The number of carbonyl (C=O) groups is 4. The van der Waals surface area contributed by atoms with Gasteiger partial charge in [-0.2, -0.15) is 35.2 Å². The van der Waals surface area contributed by atoms with E-state index in [1.165, 1.54) is 12.4 Å². The number of nitrogen functional groups attached to an aromatic ring is 1. The Kier molecular flexibility index (Phi) is 47.7. The van der Waals surface area contributed by atoms with Gasteiger partial charge >= 0.3 is 48.1 Å². The van der Waals surface area contributed by atoms with Gasteiger partial charge in [-0.3, -0.25) is 9.36 Å². The third-order valence-corrected chi connectivity index (χ3v) is 20.2. The maximum atomic E-state index is 11.9. The molecule has 5 fully saturated rings. The van der Waals surface area contributed by atoms with Crippen LogP contribution in [0.3, 0.4) is 0 Å². The standard InChI is InChI=1S/C18H30N4O2.C17H23ClN4O2.C15H19ClN4O2.C11H20N4.C8H15NO.C4H8N2.CO2.Cl3OP.Li.H2O/c1-5-15(18(23)24-6-2)13-19-17-7-10-20-22(17)16-8-11-21(12-9-16)14(3)4;1-4-24-17(23)14-9-19-16-13(15(14)18)10-20-22(16)12-5-7-21(8-6-12)11(2)3;1-9(2)19-5-3-10(4-6-19)20-14-11(8-18-20)13(16)12(7-17-14)15(21)22;1-9(2)14-7-4-10(5-8-14)15-11(12)3-6-13-15;1-7(2)9-5-3-8(10)4-6-9;5-3-1-2-4-6;2-1-3;1-5(2,3)4;;/h7,10,13-14,16,19H,5-6,8-9,11-12H2,1-4H3;9-12H,4-8H2,1-3H3;7-10H,3-6H2,1-2H3,(H,21,22);3,6,9-10H,4-5,7-8,12H2,1-2H3;7H,3-6H2,1-2H3;1-3,5H2;;;;1H2/q;;;;;;;;+1;/p-1/b15-13-;;;;;;;;;. The van der Waals surface area contributed by atoms with Crippen molar-refractivity contribution in [3.05, 3.63) is 82.3 Å². The van der Waals surface area contributed by atoms with E-state index >= 15 is 0 Å². The van der Waals surface area contributed by atoms with Gasteiger partial charge in [-0.15, -0.1) is 0 Å². The Morgan fingerprint density at radius 3 is 1.32 bits per heavy atom. The van der Waals surface area contributed by atoms with E-state index in [0.717, 1.165) is 153 Å². The van der Waals surface area contributed by atoms with Crippen molar-refractivity contribution >= 4 is 126 Å². The summed E-state index contributed by atoms with van der Waals surface area (Å²) in [6.07, 6.45) is 23.9. The molecule has 5 aliphatic rings. The molecule has 5 saturated heterocycles. The third kappa shape index (κ3) is 33.4. The average molecular weight is 1660 g/mol. The molecule has 11 rings (SSSR count). The molecule has 30 nitrogen and oxygen atoms in total. The van der Waals surface area contributed by atoms with Crippen LogP contribution in [0.5, 0.6) is 0 Å². The number of nitrogens with one attached hydrogen (secondary N) is 1. The van der Waals surface area contributed by atoms with Crippen molar-refractivity contribution in [2.24, 2.45) is 5.73 Å². The molecular weight excluding hydrogens is 1550 g/mol. The molecule has 37 heteroatoms. The number of aromatic carboxylic acids is 1. The quantitative estimate of drug-likeness (QED) is 0.0192. The number of unbranched alkanes of at least 4 members (excludes halogenated alkanes) is 1. The van der Waals surface area contributed by atoms with Gasteiger partial charge in [-0.05, 0) is 194 Å². The maximum Gasteiger partial charge on any atom is 1.00 e. The minimum atomic E-state index is -3.22. The van der Waals surface area contributed by atoms with Gasteiger partial charge in [0.2, 0.25) is 0 Å². The Labute approximate surface area is 690 Å². The molecule has 6 aromatic rings. The zero-order valence-corrected chi connectivity index (χ0v) is 71.7. The number of fused-ring (bicyclic) bond motifs is 2. The van der Waals surface area contributed by atoms with Gasteiger partial charge in [0.15, 0.2) is 11.3 Å². The van der Waals surface area contributed by atoms with Crippen molar-refractivity contribution in [2.75, 3.05) is 96.3 Å². The second-order valence-electron chi connectivity index (χ2n) is 28.0. The molecule has 0 spiro atoms. The number of carbonyl (C=O) groups excluding carboxylic acids is 5. The van der Waals surface area contributed by atoms with Crippen molar-refractivity contribution in [3.63, 3.8) is 0 Å². The van der Waals surface area contributed by atoms with Gasteiger partial charge in [0.25, 0.3) is 0 Å². The fraction of sp³-hybridized carbons (Fsp3) is 0.649. The SMILES string of the molecule is CC(C)N1CCC(=O)CC1.CC(C)N1CCC(n2ncc3c(Cl)c(C(=O)O)cnc32)CC1.CC(C)N1CCC(n2nccc2N)CC1.CCOC(=O)/C(=C\Nc1ccnn1C1CCN(C(C)C)CC1)CC.CCOC(=O)c1cnc2c(cnn2C2CCN(C(C)C)CC2)c1Cl.N#CCCCN.O=C=O.O=P(Cl)(Cl)Cl.[Li+].[OH-]. The monoisotopic (exact) mass is 1660 g/mol. The number of hydrogen-bond acceptors (Lipinski definition) is 25. The summed E-state index contributed by atoms with van der Waals surface area (Å²) in [6, 6.07) is 10.3. The van der Waals surface area contributed by atoms with Crippen molar-refractivity contribution in [2.45, 2.75) is 228 Å². The number of hydrogen-bond donors (Lipinski definition) is 4. The number of esters is 2. The van der Waals surface area contributed by atoms with Crippen LogP contribution >= 0.6 is 62.1 Å². The molecule has 0 unspecified atom stereocenters. The summed E-state index contributed by atoms with van der Waals surface area (Å²) >= 11 is 26.4. The van der Waals surface area contributed by atoms with E-state index in [1.807, 2.05) is 50.8 Å². The van der Waals surface area contributed by atoms with Crippen LogP contribution in [0, 0.1) is 11.3 Å². The first kappa shape index (κ1) is 101. The minimum absolute atomic E-state index is 0. The molecule has 7 N–H and O–H groups in total. The largest absolute Gasteiger partial charge is 1.00 e. The van der Waals surface area contributed by atoms with Crippen LogP contribution in [-0.2, 0) is 33.2 Å². The fourth-order valence-electron chi connectivity index (χ4n) is 13.1. The van der Waals surface area contributed by atoms with Gasteiger partial charge in [-0.1, -0.05) is 30.1 Å². The van der Waals surface area contributed by atoms with Gasteiger partial charge < -0.3 is 61.3 Å². The molecule has 0 atom stereocenters. The van der Waals surface area contributed by atoms with Gasteiger partial charge in [0, 0.05) is 140 Å². The maximum absolute atomic E-state index is 11.9. The summed E-state index contributed by atoms with van der Waals surface area (Å²) in [4.78, 5) is 83.0. The molecule has 6 aromatic heterocycles. The number of Topliss-reactive ketones (excluding diaryl/α,β-unsaturated/α-hetero) is 1. The minimum Gasteiger partial charge on any atom is -0.870 e. The van der Waals surface area contributed by atoms with Crippen LogP contribution < -0.4 is 35.6 Å². The van der Waals surface area contributed by atoms with Gasteiger partial charge in [0.05, 0.1) is 106 Å². The summed E-state index contributed by atoms with van der Waals surface area (Å²) in [5, 5.41) is 36.6. The molecular formula is C74H116Cl5LiN19O11P. The number of pyridine rings is 2. The van der Waals surface area contributed by atoms with Crippen molar-refractivity contribution in [1.29, 1.82) is 5.26 Å². The summed E-state index contributed by atoms with van der Waals surface area (Å²) < 4.78 is 27.5. The first-order valence-corrected chi connectivity index (χ1v) is 42.8. The molecule has 0 amide bonds. The third-order valence-electron chi connectivity index (χ3n) is 19.4. The first-order valence-electron chi connectivity index (χ1n) is 37.7. The van der Waals surface area contributed by atoms with E-state index in [2.05, 4.69) is 163 Å². The molecule has 0 aliphatic carbocycles. The molecule has 5 aliphatic heterocycles. The number of carboxylic acid groups (broad SMARTS) is 1. The van der Waals surface area contributed by atoms with Crippen molar-refractivity contribution in [1.82, 2.24) is 73.6 Å². The number of aromatic nitrogens is 10. The Balaban J connectivity index is 0.000000457. The zero-order chi connectivity index (χ0) is 81.1. The summed E-state index contributed by atoms with van der Waals surface area (Å²) in [7, 11) is 0. The van der Waals surface area contributed by atoms with E-state index in [1.54, 1.807) is 37.9 Å². The molecule has 614 valence electrons. The Hall–Kier alpha value is -6.05. The number of nitrogens with zero attached hydrogens (tertiary/aromatic N) is 16. The molecule has 111 heavy (non-hydrogen) atoms. The molecule has 0 radical (unpaired) electrons. The van der Waals surface area contributed by atoms with E-state index in [0.29, 0.717) is 119 Å². The summed E-state index contributed by atoms with van der Waals surface area (Å²) in [6.45, 7) is 39.7. The number of halogens is 5. The number of ether oxygens (including phenoxy) is 2. The number of carboxylic acids is 1. The summed E-state index contributed by atoms with van der Waals surface area (Å²) in [5.74, 6) is 0.360. The normalized spacial score (nSPS) is 16.5. The molecule has 0 aromatic carbocycles. The zero-order valence-electron chi connectivity index (χ0n) is 67.0. The number of likely N-dealkylation sites (tertiary alicyclic amines) is 5. The van der Waals surface area contributed by atoms with Crippen molar-refractivity contribution < 1.29 is 72.2 Å². The number of rotatable bonds is 19. The average Bonchev–Trinajstić information content (AvgIpc) is 1.66. The van der Waals surface area contributed by atoms with Crippen LogP contribution in [0.25, 0.3) is 22.1 Å². The van der Waals surface area contributed by atoms with Gasteiger partial charge in [0.1, 0.15) is 17.4 Å². The van der Waals surface area contributed by atoms with Crippen LogP contribution in [0.15, 0.2) is 61.1 Å². The molecule has 11 heterocycles.